The lowest BCUT2D eigenvalue weighted by Gasteiger charge is -2.09. The molecule has 0 bridgehead atoms. The predicted octanol–water partition coefficient (Wildman–Crippen LogP) is 3.78. The molecule has 2 heterocycles. The molecule has 152 valence electrons. The Hall–Kier alpha value is -2.65. The van der Waals surface area contributed by atoms with Gasteiger partial charge in [-0.1, -0.05) is 17.8 Å². The van der Waals surface area contributed by atoms with Gasteiger partial charge in [-0.25, -0.2) is 9.97 Å². The number of anilines is 1. The third kappa shape index (κ3) is 5.91. The van der Waals surface area contributed by atoms with Gasteiger partial charge in [0.25, 0.3) is 0 Å². The second-order valence-electron chi connectivity index (χ2n) is 6.39. The number of carbonyl (C=O) groups is 2. The number of thiazole rings is 1. The summed E-state index contributed by atoms with van der Waals surface area (Å²) in [7, 11) is 0. The first-order valence-corrected chi connectivity index (χ1v) is 11.0. The van der Waals surface area contributed by atoms with E-state index in [1.54, 1.807) is 18.5 Å². The van der Waals surface area contributed by atoms with Crippen LogP contribution >= 0.6 is 23.1 Å². The largest absolute Gasteiger partial charge is 0.466 e. The van der Waals surface area contributed by atoms with Crippen LogP contribution in [0.15, 0.2) is 41.1 Å². The average Bonchev–Trinajstić information content (AvgIpc) is 3.28. The molecule has 0 spiro atoms. The third-order valence-corrected chi connectivity index (χ3v) is 5.63. The van der Waals surface area contributed by atoms with Crippen LogP contribution in [0.25, 0.3) is 5.69 Å². The minimum atomic E-state index is -0.329. The molecule has 0 atom stereocenters. The fourth-order valence-corrected chi connectivity index (χ4v) is 4.27. The summed E-state index contributed by atoms with van der Waals surface area (Å²) < 4.78 is 6.88. The zero-order chi connectivity index (χ0) is 20.8. The fraction of sp³-hybridized carbons (Fsp3) is 0.300. The van der Waals surface area contributed by atoms with Gasteiger partial charge < -0.3 is 10.1 Å². The maximum atomic E-state index is 12.3. The Balaban J connectivity index is 1.58. The van der Waals surface area contributed by atoms with E-state index in [0.29, 0.717) is 17.4 Å². The molecular weight excluding hydrogens is 408 g/mol. The second kappa shape index (κ2) is 9.71. The van der Waals surface area contributed by atoms with E-state index < -0.39 is 0 Å². The molecular formula is C20H22N4O3S2. The normalized spacial score (nSPS) is 10.7. The van der Waals surface area contributed by atoms with E-state index in [2.05, 4.69) is 47.3 Å². The van der Waals surface area contributed by atoms with E-state index in [1.165, 1.54) is 34.2 Å². The van der Waals surface area contributed by atoms with Crippen LogP contribution in [0.5, 0.6) is 0 Å². The molecule has 0 unspecified atom stereocenters. The van der Waals surface area contributed by atoms with Crippen LogP contribution in [0, 0.1) is 13.8 Å². The van der Waals surface area contributed by atoms with Gasteiger partial charge in [-0.05, 0) is 44.0 Å². The lowest BCUT2D eigenvalue weighted by atomic mass is 10.1. The van der Waals surface area contributed by atoms with Gasteiger partial charge in [0.15, 0.2) is 10.3 Å². The number of amides is 1. The molecule has 1 amide bonds. The zero-order valence-corrected chi connectivity index (χ0v) is 18.1. The van der Waals surface area contributed by atoms with Gasteiger partial charge in [0.05, 0.1) is 24.5 Å². The quantitative estimate of drug-likeness (QED) is 0.432. The van der Waals surface area contributed by atoms with Crippen LogP contribution in [0.1, 0.15) is 23.7 Å². The maximum absolute atomic E-state index is 12.3. The number of carbonyl (C=O) groups excluding carboxylic acids is 2. The maximum Gasteiger partial charge on any atom is 0.311 e. The van der Waals surface area contributed by atoms with E-state index in [-0.39, 0.29) is 24.1 Å². The van der Waals surface area contributed by atoms with Crippen molar-refractivity contribution < 1.29 is 14.3 Å². The lowest BCUT2D eigenvalue weighted by molar-refractivity contribution is -0.142. The first kappa shape index (κ1) is 21.1. The molecule has 29 heavy (non-hydrogen) atoms. The van der Waals surface area contributed by atoms with Crippen molar-refractivity contribution in [2.24, 2.45) is 0 Å². The predicted molar refractivity (Wildman–Crippen MR) is 115 cm³/mol. The van der Waals surface area contributed by atoms with Crippen molar-refractivity contribution in [2.75, 3.05) is 17.7 Å². The lowest BCUT2D eigenvalue weighted by Crippen LogP contribution is -2.14. The third-order valence-electron chi connectivity index (χ3n) is 3.85. The topological polar surface area (TPSA) is 86.1 Å². The van der Waals surface area contributed by atoms with Crippen molar-refractivity contribution in [3.8, 4) is 5.69 Å². The molecule has 0 saturated heterocycles. The Labute approximate surface area is 177 Å². The van der Waals surface area contributed by atoms with Crippen molar-refractivity contribution >= 4 is 40.1 Å². The van der Waals surface area contributed by atoms with Gasteiger partial charge >= 0.3 is 5.97 Å². The molecule has 1 aromatic carbocycles. The number of thioether (sulfide) groups is 1. The van der Waals surface area contributed by atoms with Crippen LogP contribution in [0.3, 0.4) is 0 Å². The van der Waals surface area contributed by atoms with Gasteiger partial charge in [0, 0.05) is 23.5 Å². The molecule has 0 radical (unpaired) electrons. The monoisotopic (exact) mass is 430 g/mol. The Bertz CT molecular complexity index is 993. The summed E-state index contributed by atoms with van der Waals surface area (Å²) in [6.45, 7) is 6.20. The number of hydrogen-bond acceptors (Lipinski definition) is 7. The summed E-state index contributed by atoms with van der Waals surface area (Å²) in [6, 6.07) is 6.28. The summed E-state index contributed by atoms with van der Waals surface area (Å²) in [5.74, 6) is -0.305. The number of nitrogens with zero attached hydrogens (tertiary/aromatic N) is 3. The Morgan fingerprint density at radius 3 is 2.72 bits per heavy atom. The highest BCUT2D eigenvalue weighted by molar-refractivity contribution is 7.99. The molecule has 7 nitrogen and oxygen atoms in total. The van der Waals surface area contributed by atoms with Crippen molar-refractivity contribution in [1.82, 2.24) is 14.5 Å². The van der Waals surface area contributed by atoms with Crippen LogP contribution in [0.2, 0.25) is 0 Å². The van der Waals surface area contributed by atoms with Crippen LogP contribution in [-0.2, 0) is 20.7 Å². The summed E-state index contributed by atoms with van der Waals surface area (Å²) in [4.78, 5) is 32.4. The molecule has 3 rings (SSSR count). The van der Waals surface area contributed by atoms with Crippen LogP contribution in [0.4, 0.5) is 5.13 Å². The average molecular weight is 431 g/mol. The van der Waals surface area contributed by atoms with Crippen molar-refractivity contribution in [2.45, 2.75) is 32.3 Å². The van der Waals surface area contributed by atoms with Crippen LogP contribution in [-0.4, -0.2) is 38.8 Å². The van der Waals surface area contributed by atoms with Gasteiger partial charge in [-0.15, -0.1) is 11.3 Å². The molecule has 0 aliphatic heterocycles. The molecule has 1 N–H and O–H groups in total. The summed E-state index contributed by atoms with van der Waals surface area (Å²) in [5, 5.41) is 5.72. The number of ether oxygens (including phenoxy) is 1. The molecule has 0 aliphatic rings. The Kier molecular flexibility index (Phi) is 7.05. The Morgan fingerprint density at radius 1 is 1.24 bits per heavy atom. The molecule has 0 fully saturated rings. The molecule has 2 aromatic heterocycles. The number of benzene rings is 1. The molecule has 0 aliphatic carbocycles. The minimum absolute atomic E-state index is 0.0995. The van der Waals surface area contributed by atoms with Crippen molar-refractivity contribution in [3.05, 3.63) is 52.8 Å². The zero-order valence-electron chi connectivity index (χ0n) is 16.5. The SMILES string of the molecule is CCOC(=O)Cc1csc(NC(=O)CSc2nccn2-c2cc(C)cc(C)c2)n1. The van der Waals surface area contributed by atoms with E-state index >= 15 is 0 Å². The number of hydrogen-bond donors (Lipinski definition) is 1. The molecule has 0 saturated carbocycles. The van der Waals surface area contributed by atoms with Crippen molar-refractivity contribution in [3.63, 3.8) is 0 Å². The first-order valence-electron chi connectivity index (χ1n) is 9.09. The van der Waals surface area contributed by atoms with E-state index in [0.717, 1.165) is 10.8 Å². The van der Waals surface area contributed by atoms with Gasteiger partial charge in [0.2, 0.25) is 5.91 Å². The van der Waals surface area contributed by atoms with E-state index in [1.807, 2.05) is 10.8 Å². The highest BCUT2D eigenvalue weighted by Gasteiger charge is 2.13. The number of nitrogens with one attached hydrogen (secondary N) is 1. The number of rotatable bonds is 8. The number of aromatic nitrogens is 3. The number of esters is 1. The van der Waals surface area contributed by atoms with E-state index in [9.17, 15) is 9.59 Å². The van der Waals surface area contributed by atoms with Gasteiger partial charge in [-0.2, -0.15) is 0 Å². The summed E-state index contributed by atoms with van der Waals surface area (Å²) in [6.07, 6.45) is 3.71. The summed E-state index contributed by atoms with van der Waals surface area (Å²) >= 11 is 2.64. The molecule has 3 aromatic rings. The standard InChI is InChI=1S/C20H22N4O3S2/c1-4-27-18(26)10-15-11-28-19(22-15)23-17(25)12-29-20-21-5-6-24(20)16-8-13(2)7-14(3)9-16/h5-9,11H,4,10,12H2,1-3H3,(H,22,23,25). The smallest absolute Gasteiger partial charge is 0.311 e. The Morgan fingerprint density at radius 2 is 2.00 bits per heavy atom. The highest BCUT2D eigenvalue weighted by atomic mass is 32.2. The fourth-order valence-electron chi connectivity index (χ4n) is 2.77. The molecule has 9 heteroatoms. The second-order valence-corrected chi connectivity index (χ2v) is 8.19. The van der Waals surface area contributed by atoms with Gasteiger partial charge in [0.1, 0.15) is 0 Å². The summed E-state index contributed by atoms with van der Waals surface area (Å²) in [5.41, 5.74) is 3.95. The van der Waals surface area contributed by atoms with Crippen molar-refractivity contribution in [1.29, 1.82) is 0 Å². The van der Waals surface area contributed by atoms with Gasteiger partial charge in [-0.3, -0.25) is 14.2 Å². The number of aryl methyl sites for hydroxylation is 2. The number of imidazole rings is 1. The van der Waals surface area contributed by atoms with E-state index in [4.69, 9.17) is 4.74 Å². The first-order chi connectivity index (χ1) is 13.9. The minimum Gasteiger partial charge on any atom is -0.466 e. The highest BCUT2D eigenvalue weighted by Crippen LogP contribution is 2.23. The van der Waals surface area contributed by atoms with Crippen LogP contribution < -0.4 is 5.32 Å².